The van der Waals surface area contributed by atoms with Crippen LogP contribution in [-0.4, -0.2) is 11.7 Å². The third-order valence-corrected chi connectivity index (χ3v) is 6.24. The fourth-order valence-corrected chi connectivity index (χ4v) is 4.70. The summed E-state index contributed by atoms with van der Waals surface area (Å²) in [5, 5.41) is 6.54. The number of amides is 1. The van der Waals surface area contributed by atoms with Crippen molar-refractivity contribution in [3.05, 3.63) is 69.7 Å². The molecule has 0 spiro atoms. The number of rotatable bonds is 6. The summed E-state index contributed by atoms with van der Waals surface area (Å²) in [4.78, 5) is 13.7. The van der Waals surface area contributed by atoms with E-state index in [1.165, 1.54) is 11.8 Å². The maximum absolute atomic E-state index is 12.6. The first-order chi connectivity index (χ1) is 13.0. The average molecular weight is 418 g/mol. The Bertz CT molecular complexity index is 982. The van der Waals surface area contributed by atoms with Crippen molar-refractivity contribution >= 4 is 57.3 Å². The number of fused-ring (bicyclic) bond motifs is 1. The van der Waals surface area contributed by atoms with Crippen molar-refractivity contribution in [2.24, 2.45) is 0 Å². The van der Waals surface area contributed by atoms with Crippen molar-refractivity contribution in [2.75, 3.05) is 11.1 Å². The third kappa shape index (κ3) is 4.43. The van der Waals surface area contributed by atoms with Gasteiger partial charge in [-0.3, -0.25) is 4.79 Å². The van der Waals surface area contributed by atoms with Crippen molar-refractivity contribution in [2.45, 2.75) is 31.6 Å². The zero-order chi connectivity index (χ0) is 19.4. The lowest BCUT2D eigenvalue weighted by Gasteiger charge is -2.16. The summed E-state index contributed by atoms with van der Waals surface area (Å²) in [5.41, 5.74) is 2.94. The summed E-state index contributed by atoms with van der Waals surface area (Å²) >= 11 is 14.2. The van der Waals surface area contributed by atoms with Crippen LogP contribution in [0, 0.1) is 0 Å². The molecule has 0 saturated carbocycles. The summed E-state index contributed by atoms with van der Waals surface area (Å²) in [6, 6.07) is 15.7. The summed E-state index contributed by atoms with van der Waals surface area (Å²) in [6.45, 7) is 4.12. The summed E-state index contributed by atoms with van der Waals surface area (Å²) < 4.78 is 0. The zero-order valence-corrected chi connectivity index (χ0v) is 17.6. The molecule has 0 bridgehead atoms. The van der Waals surface area contributed by atoms with E-state index in [9.17, 15) is 4.79 Å². The Hall–Kier alpha value is -1.68. The highest BCUT2D eigenvalue weighted by molar-refractivity contribution is 8.00. The Balaban J connectivity index is 1.80. The molecule has 0 unspecified atom stereocenters. The van der Waals surface area contributed by atoms with Gasteiger partial charge in [-0.25, -0.2) is 0 Å². The van der Waals surface area contributed by atoms with E-state index in [-0.39, 0.29) is 5.91 Å². The number of thioether (sulfide) groups is 1. The van der Waals surface area contributed by atoms with Crippen LogP contribution in [0.25, 0.3) is 10.8 Å². The molecule has 3 aromatic carbocycles. The van der Waals surface area contributed by atoms with E-state index in [1.54, 1.807) is 0 Å². The molecule has 3 rings (SSSR count). The highest BCUT2D eigenvalue weighted by Gasteiger charge is 2.14. The van der Waals surface area contributed by atoms with Gasteiger partial charge in [0, 0.05) is 26.0 Å². The van der Waals surface area contributed by atoms with Gasteiger partial charge >= 0.3 is 0 Å². The number of halogens is 2. The summed E-state index contributed by atoms with van der Waals surface area (Å²) in [6.07, 6.45) is 1.61. The standard InChI is InChI=1S/C22H21Cl2NOS/c1-3-14-11-12-17(23)16(4-2)22(14)25-20(26)13-27-19-10-6-8-15-7-5-9-18(24)21(15)19/h5-12H,3-4,13H2,1-2H3,(H,25,26). The molecule has 3 aromatic rings. The molecular formula is C22H21Cl2NOS. The molecule has 0 aromatic heterocycles. The second-order valence-corrected chi connectivity index (χ2v) is 8.03. The van der Waals surface area contributed by atoms with E-state index in [2.05, 4.69) is 12.2 Å². The zero-order valence-electron chi connectivity index (χ0n) is 15.3. The number of benzene rings is 3. The Morgan fingerprint density at radius 3 is 2.41 bits per heavy atom. The smallest absolute Gasteiger partial charge is 0.234 e. The number of carbonyl (C=O) groups excluding carboxylic acids is 1. The predicted molar refractivity (Wildman–Crippen MR) is 119 cm³/mol. The van der Waals surface area contributed by atoms with E-state index in [1.807, 2.05) is 55.5 Å². The van der Waals surface area contributed by atoms with E-state index < -0.39 is 0 Å². The van der Waals surface area contributed by atoms with E-state index >= 15 is 0 Å². The van der Waals surface area contributed by atoms with Crippen molar-refractivity contribution in [1.82, 2.24) is 0 Å². The maximum Gasteiger partial charge on any atom is 0.234 e. The van der Waals surface area contributed by atoms with Gasteiger partial charge in [-0.05, 0) is 47.6 Å². The van der Waals surface area contributed by atoms with Gasteiger partial charge in [-0.2, -0.15) is 0 Å². The SMILES string of the molecule is CCc1ccc(Cl)c(CC)c1NC(=O)CSc1cccc2cccc(Cl)c12. The molecule has 0 saturated heterocycles. The molecule has 0 aliphatic heterocycles. The van der Waals surface area contributed by atoms with Crippen LogP contribution >= 0.6 is 35.0 Å². The van der Waals surface area contributed by atoms with E-state index in [0.717, 1.165) is 45.3 Å². The second-order valence-electron chi connectivity index (χ2n) is 6.20. The molecule has 0 aliphatic carbocycles. The highest BCUT2D eigenvalue weighted by atomic mass is 35.5. The number of hydrogen-bond donors (Lipinski definition) is 1. The first kappa shape index (κ1) is 20.1. The van der Waals surface area contributed by atoms with Gasteiger partial charge in [0.2, 0.25) is 5.91 Å². The molecule has 2 nitrogen and oxygen atoms in total. The fraction of sp³-hybridized carbons (Fsp3) is 0.227. The topological polar surface area (TPSA) is 29.1 Å². The highest BCUT2D eigenvalue weighted by Crippen LogP contribution is 2.34. The first-order valence-electron chi connectivity index (χ1n) is 8.95. The predicted octanol–water partition coefficient (Wildman–Crippen LogP) is 7.00. The monoisotopic (exact) mass is 417 g/mol. The Kier molecular flexibility index (Phi) is 6.69. The number of anilines is 1. The third-order valence-electron chi connectivity index (χ3n) is 4.52. The Labute approximate surface area is 174 Å². The normalized spacial score (nSPS) is 11.0. The molecular weight excluding hydrogens is 397 g/mol. The molecule has 0 aliphatic rings. The molecule has 27 heavy (non-hydrogen) atoms. The van der Waals surface area contributed by atoms with Gasteiger partial charge < -0.3 is 5.32 Å². The van der Waals surface area contributed by atoms with Crippen molar-refractivity contribution in [1.29, 1.82) is 0 Å². The van der Waals surface area contributed by atoms with Crippen LogP contribution < -0.4 is 5.32 Å². The number of aryl methyl sites for hydroxylation is 1. The second kappa shape index (κ2) is 9.01. The summed E-state index contributed by atoms with van der Waals surface area (Å²) in [7, 11) is 0. The average Bonchev–Trinajstić information content (AvgIpc) is 2.67. The largest absolute Gasteiger partial charge is 0.325 e. The lowest BCUT2D eigenvalue weighted by atomic mass is 10.0. The number of hydrogen-bond acceptors (Lipinski definition) is 2. The lowest BCUT2D eigenvalue weighted by Crippen LogP contribution is -2.17. The van der Waals surface area contributed by atoms with Crippen LogP contribution in [0.1, 0.15) is 25.0 Å². The van der Waals surface area contributed by atoms with Crippen LogP contribution in [0.3, 0.4) is 0 Å². The minimum absolute atomic E-state index is 0.0456. The minimum Gasteiger partial charge on any atom is -0.325 e. The van der Waals surface area contributed by atoms with Gasteiger partial charge in [0.25, 0.3) is 0 Å². The van der Waals surface area contributed by atoms with Crippen LogP contribution in [0.4, 0.5) is 5.69 Å². The van der Waals surface area contributed by atoms with Gasteiger partial charge in [-0.1, -0.05) is 67.4 Å². The lowest BCUT2D eigenvalue weighted by molar-refractivity contribution is -0.113. The fourth-order valence-electron chi connectivity index (χ4n) is 3.17. The van der Waals surface area contributed by atoms with Crippen molar-refractivity contribution in [3.63, 3.8) is 0 Å². The van der Waals surface area contributed by atoms with Crippen molar-refractivity contribution < 1.29 is 4.79 Å². The molecule has 0 heterocycles. The molecule has 1 N–H and O–H groups in total. The van der Waals surface area contributed by atoms with E-state index in [0.29, 0.717) is 15.8 Å². The number of carbonyl (C=O) groups is 1. The maximum atomic E-state index is 12.6. The van der Waals surface area contributed by atoms with Gasteiger partial charge in [-0.15, -0.1) is 11.8 Å². The van der Waals surface area contributed by atoms with Crippen LogP contribution in [0.5, 0.6) is 0 Å². The molecule has 0 fully saturated rings. The first-order valence-corrected chi connectivity index (χ1v) is 10.7. The number of nitrogens with one attached hydrogen (secondary N) is 1. The van der Waals surface area contributed by atoms with E-state index in [4.69, 9.17) is 23.2 Å². The minimum atomic E-state index is -0.0456. The molecule has 140 valence electrons. The molecule has 0 atom stereocenters. The van der Waals surface area contributed by atoms with Gasteiger partial charge in [0.1, 0.15) is 0 Å². The van der Waals surface area contributed by atoms with Gasteiger partial charge in [0.15, 0.2) is 0 Å². The molecule has 0 radical (unpaired) electrons. The Morgan fingerprint density at radius 2 is 1.70 bits per heavy atom. The van der Waals surface area contributed by atoms with Crippen LogP contribution in [-0.2, 0) is 17.6 Å². The van der Waals surface area contributed by atoms with Gasteiger partial charge in [0.05, 0.1) is 5.75 Å². The molecule has 5 heteroatoms. The van der Waals surface area contributed by atoms with Crippen molar-refractivity contribution in [3.8, 4) is 0 Å². The van der Waals surface area contributed by atoms with Crippen LogP contribution in [0.15, 0.2) is 53.4 Å². The Morgan fingerprint density at radius 1 is 0.963 bits per heavy atom. The quantitative estimate of drug-likeness (QED) is 0.437. The van der Waals surface area contributed by atoms with Crippen LogP contribution in [0.2, 0.25) is 10.0 Å². The molecule has 1 amide bonds. The summed E-state index contributed by atoms with van der Waals surface area (Å²) in [5.74, 6) is 0.263.